The molecule has 0 unspecified atom stereocenters. The SMILES string of the molecule is CNC(=O)c1ccccc1CC/C(C)=C/c1ccccc1. The Kier molecular flexibility index (Phi) is 5.33. The monoisotopic (exact) mass is 279 g/mol. The van der Waals surface area contributed by atoms with Crippen LogP contribution in [-0.4, -0.2) is 13.0 Å². The van der Waals surface area contributed by atoms with E-state index in [0.29, 0.717) is 0 Å². The normalized spacial score (nSPS) is 11.2. The fraction of sp³-hybridized carbons (Fsp3) is 0.211. The molecule has 0 bridgehead atoms. The van der Waals surface area contributed by atoms with Gasteiger partial charge in [-0.2, -0.15) is 0 Å². The van der Waals surface area contributed by atoms with E-state index in [1.54, 1.807) is 7.05 Å². The molecule has 2 nitrogen and oxygen atoms in total. The maximum Gasteiger partial charge on any atom is 0.251 e. The first-order valence-electron chi connectivity index (χ1n) is 7.23. The largest absolute Gasteiger partial charge is 0.355 e. The summed E-state index contributed by atoms with van der Waals surface area (Å²) in [6, 6.07) is 18.1. The first-order valence-corrected chi connectivity index (χ1v) is 7.23. The predicted molar refractivity (Wildman–Crippen MR) is 88.2 cm³/mol. The smallest absolute Gasteiger partial charge is 0.251 e. The summed E-state index contributed by atoms with van der Waals surface area (Å²) in [7, 11) is 1.67. The summed E-state index contributed by atoms with van der Waals surface area (Å²) in [5, 5.41) is 2.70. The molecule has 0 aromatic heterocycles. The van der Waals surface area contributed by atoms with E-state index in [0.717, 1.165) is 24.0 Å². The van der Waals surface area contributed by atoms with Gasteiger partial charge in [-0.05, 0) is 37.0 Å². The predicted octanol–water partition coefficient (Wildman–Crippen LogP) is 4.08. The van der Waals surface area contributed by atoms with Gasteiger partial charge in [0, 0.05) is 12.6 Å². The Balaban J connectivity index is 2.07. The number of allylic oxidation sites excluding steroid dienone is 1. The van der Waals surface area contributed by atoms with Crippen LogP contribution in [0, 0.1) is 0 Å². The minimum Gasteiger partial charge on any atom is -0.355 e. The summed E-state index contributed by atoms with van der Waals surface area (Å²) in [5.74, 6) is -0.0182. The van der Waals surface area contributed by atoms with Crippen LogP contribution in [0.5, 0.6) is 0 Å². The van der Waals surface area contributed by atoms with E-state index in [1.165, 1.54) is 11.1 Å². The van der Waals surface area contributed by atoms with Gasteiger partial charge in [-0.15, -0.1) is 0 Å². The van der Waals surface area contributed by atoms with Crippen LogP contribution in [0.2, 0.25) is 0 Å². The standard InChI is InChI=1S/C19H21NO/c1-15(14-16-8-4-3-5-9-16)12-13-17-10-6-7-11-18(17)19(21)20-2/h3-11,14H,12-13H2,1-2H3,(H,20,21)/b15-14+. The highest BCUT2D eigenvalue weighted by molar-refractivity contribution is 5.95. The van der Waals surface area contributed by atoms with E-state index >= 15 is 0 Å². The van der Waals surface area contributed by atoms with E-state index in [9.17, 15) is 4.79 Å². The molecule has 2 aromatic carbocycles. The van der Waals surface area contributed by atoms with Gasteiger partial charge < -0.3 is 5.32 Å². The molecular weight excluding hydrogens is 258 g/mol. The van der Waals surface area contributed by atoms with Crippen molar-refractivity contribution in [3.63, 3.8) is 0 Å². The molecule has 0 aliphatic heterocycles. The highest BCUT2D eigenvalue weighted by Gasteiger charge is 2.08. The van der Waals surface area contributed by atoms with E-state index in [2.05, 4.69) is 30.4 Å². The molecule has 2 aromatic rings. The number of carbonyl (C=O) groups is 1. The summed E-state index contributed by atoms with van der Waals surface area (Å²) in [6.07, 6.45) is 4.02. The van der Waals surface area contributed by atoms with Crippen molar-refractivity contribution in [3.05, 3.63) is 76.9 Å². The Morgan fingerprint density at radius 3 is 2.43 bits per heavy atom. The number of benzene rings is 2. The summed E-state index contributed by atoms with van der Waals surface area (Å²) in [6.45, 7) is 2.13. The Morgan fingerprint density at radius 2 is 1.71 bits per heavy atom. The molecule has 0 fully saturated rings. The van der Waals surface area contributed by atoms with Crippen molar-refractivity contribution < 1.29 is 4.79 Å². The number of carbonyl (C=O) groups excluding carboxylic acids is 1. The van der Waals surface area contributed by atoms with Crippen LogP contribution < -0.4 is 5.32 Å². The highest BCUT2D eigenvalue weighted by atomic mass is 16.1. The van der Waals surface area contributed by atoms with Crippen LogP contribution in [-0.2, 0) is 6.42 Å². The van der Waals surface area contributed by atoms with E-state index in [1.807, 2.05) is 42.5 Å². The van der Waals surface area contributed by atoms with Crippen molar-refractivity contribution in [2.45, 2.75) is 19.8 Å². The Hall–Kier alpha value is -2.35. The van der Waals surface area contributed by atoms with Gasteiger partial charge >= 0.3 is 0 Å². The lowest BCUT2D eigenvalue weighted by Crippen LogP contribution is -2.19. The molecule has 0 heterocycles. The second-order valence-corrected chi connectivity index (χ2v) is 5.14. The van der Waals surface area contributed by atoms with Crippen molar-refractivity contribution in [3.8, 4) is 0 Å². The molecule has 108 valence electrons. The second kappa shape index (κ2) is 7.44. The maximum absolute atomic E-state index is 11.8. The van der Waals surface area contributed by atoms with Crippen LogP contribution in [0.1, 0.15) is 34.8 Å². The lowest BCUT2D eigenvalue weighted by atomic mass is 9.99. The molecule has 21 heavy (non-hydrogen) atoms. The lowest BCUT2D eigenvalue weighted by molar-refractivity contribution is 0.0962. The van der Waals surface area contributed by atoms with Gasteiger partial charge in [0.2, 0.25) is 0 Å². The van der Waals surface area contributed by atoms with Crippen LogP contribution in [0.15, 0.2) is 60.2 Å². The molecule has 0 aliphatic rings. The number of hydrogen-bond acceptors (Lipinski definition) is 1. The number of hydrogen-bond donors (Lipinski definition) is 1. The minimum absolute atomic E-state index is 0.0182. The zero-order chi connectivity index (χ0) is 15.1. The quantitative estimate of drug-likeness (QED) is 0.877. The number of nitrogens with one attached hydrogen (secondary N) is 1. The lowest BCUT2D eigenvalue weighted by Gasteiger charge is -2.08. The molecule has 0 radical (unpaired) electrons. The summed E-state index contributed by atoms with van der Waals surface area (Å²) in [5.41, 5.74) is 4.40. The van der Waals surface area contributed by atoms with Crippen LogP contribution in [0.25, 0.3) is 6.08 Å². The van der Waals surface area contributed by atoms with E-state index in [-0.39, 0.29) is 5.91 Å². The van der Waals surface area contributed by atoms with Crippen LogP contribution >= 0.6 is 0 Å². The Bertz CT molecular complexity index is 629. The zero-order valence-electron chi connectivity index (χ0n) is 12.6. The highest BCUT2D eigenvalue weighted by Crippen LogP contribution is 2.16. The number of aryl methyl sites for hydroxylation is 1. The molecule has 2 heteroatoms. The Labute approximate surface area is 126 Å². The van der Waals surface area contributed by atoms with Crippen molar-refractivity contribution >= 4 is 12.0 Å². The molecule has 0 atom stereocenters. The van der Waals surface area contributed by atoms with E-state index < -0.39 is 0 Å². The summed E-state index contributed by atoms with van der Waals surface area (Å²) < 4.78 is 0. The van der Waals surface area contributed by atoms with Crippen molar-refractivity contribution in [1.29, 1.82) is 0 Å². The first-order chi connectivity index (χ1) is 10.2. The fourth-order valence-corrected chi connectivity index (χ4v) is 2.33. The molecule has 0 aliphatic carbocycles. The van der Waals surface area contributed by atoms with Crippen LogP contribution in [0.4, 0.5) is 0 Å². The van der Waals surface area contributed by atoms with Crippen LogP contribution in [0.3, 0.4) is 0 Å². The number of amides is 1. The topological polar surface area (TPSA) is 29.1 Å². The summed E-state index contributed by atoms with van der Waals surface area (Å²) in [4.78, 5) is 11.8. The van der Waals surface area contributed by atoms with Crippen molar-refractivity contribution in [2.75, 3.05) is 7.05 Å². The second-order valence-electron chi connectivity index (χ2n) is 5.14. The molecular formula is C19H21NO. The third-order valence-corrected chi connectivity index (χ3v) is 3.49. The Morgan fingerprint density at radius 1 is 1.05 bits per heavy atom. The van der Waals surface area contributed by atoms with E-state index in [4.69, 9.17) is 0 Å². The first kappa shape index (κ1) is 15.0. The minimum atomic E-state index is -0.0182. The third-order valence-electron chi connectivity index (χ3n) is 3.49. The van der Waals surface area contributed by atoms with Crippen molar-refractivity contribution in [2.24, 2.45) is 0 Å². The molecule has 2 rings (SSSR count). The number of rotatable bonds is 5. The van der Waals surface area contributed by atoms with Gasteiger partial charge in [0.25, 0.3) is 5.91 Å². The van der Waals surface area contributed by atoms with Gasteiger partial charge in [0.1, 0.15) is 0 Å². The molecule has 0 saturated heterocycles. The van der Waals surface area contributed by atoms with Crippen molar-refractivity contribution in [1.82, 2.24) is 5.32 Å². The third kappa shape index (κ3) is 4.32. The maximum atomic E-state index is 11.8. The zero-order valence-corrected chi connectivity index (χ0v) is 12.6. The average molecular weight is 279 g/mol. The molecule has 0 saturated carbocycles. The molecule has 1 N–H and O–H groups in total. The van der Waals surface area contributed by atoms with Gasteiger partial charge in [0.15, 0.2) is 0 Å². The molecule has 0 spiro atoms. The van der Waals surface area contributed by atoms with Gasteiger partial charge in [-0.25, -0.2) is 0 Å². The van der Waals surface area contributed by atoms with Gasteiger partial charge in [-0.1, -0.05) is 60.2 Å². The van der Waals surface area contributed by atoms with Gasteiger partial charge in [0.05, 0.1) is 0 Å². The van der Waals surface area contributed by atoms with Gasteiger partial charge in [-0.3, -0.25) is 4.79 Å². The average Bonchev–Trinajstić information content (AvgIpc) is 2.53. The fourth-order valence-electron chi connectivity index (χ4n) is 2.33. The summed E-state index contributed by atoms with van der Waals surface area (Å²) >= 11 is 0. The molecule has 1 amide bonds.